The fourth-order valence-corrected chi connectivity index (χ4v) is 2.27. The fourth-order valence-electron chi connectivity index (χ4n) is 2.27. The summed E-state index contributed by atoms with van der Waals surface area (Å²) >= 11 is 0. The van der Waals surface area contributed by atoms with Gasteiger partial charge in [0, 0.05) is 18.8 Å². The van der Waals surface area contributed by atoms with Crippen LogP contribution in [0.3, 0.4) is 0 Å². The number of anilines is 1. The molecule has 0 bridgehead atoms. The Morgan fingerprint density at radius 2 is 1.85 bits per heavy atom. The second-order valence-electron chi connectivity index (χ2n) is 4.76. The fraction of sp³-hybridized carbons (Fsp3) is 0.462. The van der Waals surface area contributed by atoms with E-state index in [2.05, 4.69) is 10.5 Å². The van der Waals surface area contributed by atoms with Crippen LogP contribution >= 0.6 is 0 Å². The van der Waals surface area contributed by atoms with Gasteiger partial charge in [-0.05, 0) is 37.1 Å². The standard InChI is InChI=1S/C13H16F2N2O3/c14-13(15,16)20-11-3-1-10(2-4-11)17-7-5-9(6-8-17)12(18)19/h1-4,9H,5-8,16H2,(H,18,19). The smallest absolute Gasteiger partial charge is 0.466 e. The largest absolute Gasteiger partial charge is 0.481 e. The first-order chi connectivity index (χ1) is 9.35. The van der Waals surface area contributed by atoms with Crippen molar-refractivity contribution in [2.75, 3.05) is 18.0 Å². The highest BCUT2D eigenvalue weighted by atomic mass is 19.3. The number of carbonyl (C=O) groups is 1. The first-order valence-electron chi connectivity index (χ1n) is 6.29. The predicted molar refractivity (Wildman–Crippen MR) is 68.8 cm³/mol. The molecule has 1 aromatic carbocycles. The van der Waals surface area contributed by atoms with E-state index in [0.717, 1.165) is 5.69 Å². The minimum atomic E-state index is -3.69. The number of nitrogens with two attached hydrogens (primary N) is 1. The molecule has 0 aromatic heterocycles. The van der Waals surface area contributed by atoms with Crippen molar-refractivity contribution in [3.63, 3.8) is 0 Å². The highest BCUT2D eigenvalue weighted by Gasteiger charge is 2.26. The third kappa shape index (κ3) is 3.80. The molecular weight excluding hydrogens is 270 g/mol. The van der Waals surface area contributed by atoms with E-state index < -0.39 is 12.2 Å². The summed E-state index contributed by atoms with van der Waals surface area (Å²) < 4.78 is 29.2. The number of carboxylic acids is 1. The number of nitrogens with zero attached hydrogens (tertiary/aromatic N) is 1. The molecule has 1 saturated heterocycles. The molecule has 3 N–H and O–H groups in total. The van der Waals surface area contributed by atoms with Gasteiger partial charge in [-0.25, -0.2) is 5.73 Å². The maximum atomic E-state index is 12.5. The van der Waals surface area contributed by atoms with E-state index in [1.807, 2.05) is 4.90 Å². The SMILES string of the molecule is NC(F)(F)Oc1ccc(N2CCC(C(=O)O)CC2)cc1. The van der Waals surface area contributed by atoms with E-state index in [9.17, 15) is 13.6 Å². The molecule has 1 heterocycles. The second kappa shape index (κ2) is 5.62. The summed E-state index contributed by atoms with van der Waals surface area (Å²) in [5.41, 5.74) is 5.32. The molecule has 1 aromatic rings. The van der Waals surface area contributed by atoms with Crippen molar-refractivity contribution in [1.29, 1.82) is 0 Å². The zero-order chi connectivity index (χ0) is 14.8. The van der Waals surface area contributed by atoms with Gasteiger partial charge >= 0.3 is 12.2 Å². The molecule has 0 radical (unpaired) electrons. The summed E-state index contributed by atoms with van der Waals surface area (Å²) in [6, 6.07) is 6.14. The molecule has 5 nitrogen and oxygen atoms in total. The number of hydrogen-bond acceptors (Lipinski definition) is 4. The second-order valence-corrected chi connectivity index (χ2v) is 4.76. The molecule has 1 aliphatic heterocycles. The topological polar surface area (TPSA) is 75.8 Å². The average Bonchev–Trinajstić information content (AvgIpc) is 2.38. The Morgan fingerprint density at radius 1 is 1.30 bits per heavy atom. The van der Waals surface area contributed by atoms with E-state index in [1.165, 1.54) is 12.1 Å². The number of benzene rings is 1. The lowest BCUT2D eigenvalue weighted by atomic mass is 9.97. The molecule has 1 aliphatic rings. The molecule has 7 heteroatoms. The van der Waals surface area contributed by atoms with E-state index in [0.29, 0.717) is 25.9 Å². The molecule has 0 unspecified atom stereocenters. The number of rotatable bonds is 4. The van der Waals surface area contributed by atoms with Gasteiger partial charge in [-0.1, -0.05) is 0 Å². The molecule has 1 fully saturated rings. The van der Waals surface area contributed by atoms with E-state index in [4.69, 9.17) is 5.11 Å². The van der Waals surface area contributed by atoms with Crippen molar-refractivity contribution in [3.8, 4) is 5.75 Å². The normalized spacial score (nSPS) is 17.1. The number of hydrogen-bond donors (Lipinski definition) is 2. The molecule has 0 aliphatic carbocycles. The monoisotopic (exact) mass is 286 g/mol. The Balaban J connectivity index is 1.96. The van der Waals surface area contributed by atoms with Gasteiger partial charge in [0.1, 0.15) is 5.75 Å². The summed E-state index contributed by atoms with van der Waals surface area (Å²) in [5, 5.41) is 8.92. The molecule has 0 amide bonds. The number of halogens is 2. The van der Waals surface area contributed by atoms with Gasteiger partial charge in [-0.2, -0.15) is 0 Å². The number of ether oxygens (including phenoxy) is 1. The van der Waals surface area contributed by atoms with Crippen LogP contribution in [0.1, 0.15) is 12.8 Å². The average molecular weight is 286 g/mol. The van der Waals surface area contributed by atoms with E-state index in [1.54, 1.807) is 12.1 Å². The molecule has 2 rings (SSSR count). The van der Waals surface area contributed by atoms with Gasteiger partial charge in [-0.3, -0.25) is 4.79 Å². The van der Waals surface area contributed by atoms with Crippen LogP contribution in [0.15, 0.2) is 24.3 Å². The first-order valence-corrected chi connectivity index (χ1v) is 6.29. The van der Waals surface area contributed by atoms with Crippen LogP contribution in [0.4, 0.5) is 14.5 Å². The lowest BCUT2D eigenvalue weighted by Crippen LogP contribution is -2.36. The third-order valence-electron chi connectivity index (χ3n) is 3.30. The zero-order valence-electron chi connectivity index (χ0n) is 10.8. The summed E-state index contributed by atoms with van der Waals surface area (Å²) in [4.78, 5) is 12.9. The van der Waals surface area contributed by atoms with Crippen molar-refractivity contribution in [1.82, 2.24) is 0 Å². The van der Waals surface area contributed by atoms with Crippen molar-refractivity contribution < 1.29 is 23.4 Å². The molecule has 0 saturated carbocycles. The van der Waals surface area contributed by atoms with Crippen molar-refractivity contribution in [3.05, 3.63) is 24.3 Å². The Hall–Kier alpha value is -1.89. The van der Waals surface area contributed by atoms with Gasteiger partial charge in [0.25, 0.3) is 0 Å². The Kier molecular flexibility index (Phi) is 4.08. The van der Waals surface area contributed by atoms with Crippen LogP contribution in [-0.2, 0) is 4.79 Å². The highest BCUT2D eigenvalue weighted by molar-refractivity contribution is 5.70. The quantitative estimate of drug-likeness (QED) is 0.653. The molecule has 20 heavy (non-hydrogen) atoms. The summed E-state index contributed by atoms with van der Waals surface area (Å²) in [6.45, 7) is 1.26. The molecule has 0 atom stereocenters. The van der Waals surface area contributed by atoms with Gasteiger partial charge in [0.2, 0.25) is 0 Å². The van der Waals surface area contributed by atoms with Gasteiger partial charge in [0.05, 0.1) is 5.92 Å². The maximum absolute atomic E-state index is 12.5. The molecular formula is C13H16F2N2O3. The van der Waals surface area contributed by atoms with Crippen LogP contribution in [0.5, 0.6) is 5.75 Å². The number of aliphatic carboxylic acids is 1. The summed E-state index contributed by atoms with van der Waals surface area (Å²) in [5.74, 6) is -1.08. The minimum Gasteiger partial charge on any atom is -0.481 e. The van der Waals surface area contributed by atoms with E-state index >= 15 is 0 Å². The maximum Gasteiger partial charge on any atom is 0.466 e. The molecule has 110 valence electrons. The van der Waals surface area contributed by atoms with Crippen LogP contribution in [0.25, 0.3) is 0 Å². The molecule has 0 spiro atoms. The number of alkyl halides is 2. The van der Waals surface area contributed by atoms with Gasteiger partial charge < -0.3 is 14.7 Å². The lowest BCUT2D eigenvalue weighted by molar-refractivity contribution is -0.170. The summed E-state index contributed by atoms with van der Waals surface area (Å²) in [6.07, 6.45) is -2.54. The van der Waals surface area contributed by atoms with Crippen LogP contribution in [0, 0.1) is 5.92 Å². The van der Waals surface area contributed by atoms with Crippen LogP contribution < -0.4 is 15.4 Å². The van der Waals surface area contributed by atoms with Gasteiger partial charge in [-0.15, -0.1) is 8.78 Å². The Bertz CT molecular complexity index is 465. The zero-order valence-corrected chi connectivity index (χ0v) is 10.8. The van der Waals surface area contributed by atoms with E-state index in [-0.39, 0.29) is 11.7 Å². The van der Waals surface area contributed by atoms with Gasteiger partial charge in [0.15, 0.2) is 0 Å². The highest BCUT2D eigenvalue weighted by Crippen LogP contribution is 2.26. The van der Waals surface area contributed by atoms with Crippen molar-refractivity contribution in [2.24, 2.45) is 11.7 Å². The first kappa shape index (κ1) is 14.5. The third-order valence-corrected chi connectivity index (χ3v) is 3.30. The number of carboxylic acid groups (broad SMARTS) is 1. The lowest BCUT2D eigenvalue weighted by Gasteiger charge is -2.32. The van der Waals surface area contributed by atoms with Crippen LogP contribution in [0.2, 0.25) is 0 Å². The van der Waals surface area contributed by atoms with Crippen LogP contribution in [-0.4, -0.2) is 30.4 Å². The minimum absolute atomic E-state index is 0.0123. The predicted octanol–water partition coefficient (Wildman–Crippen LogP) is 1.88. The summed E-state index contributed by atoms with van der Waals surface area (Å²) in [7, 11) is 0. The Morgan fingerprint density at radius 3 is 2.30 bits per heavy atom. The number of piperidine rings is 1. The van der Waals surface area contributed by atoms with Crippen molar-refractivity contribution >= 4 is 11.7 Å². The van der Waals surface area contributed by atoms with Crippen molar-refractivity contribution in [2.45, 2.75) is 19.1 Å². The Labute approximate surface area is 114 Å².